The fourth-order valence-electron chi connectivity index (χ4n) is 2.49. The first-order valence-electron chi connectivity index (χ1n) is 6.54. The summed E-state index contributed by atoms with van der Waals surface area (Å²) in [4.78, 5) is 13.4. The number of methoxy groups -OCH3 is 1. The Bertz CT molecular complexity index is 507. The van der Waals surface area contributed by atoms with Crippen LogP contribution in [-0.4, -0.2) is 42.3 Å². The topological polar surface area (TPSA) is 61.8 Å². The standard InChI is InChI=1S/C14H19BrN2O3/c1-9-5-11(15)6-10(13(9)18)7-17-4-3-12(8-17)16-14(19)20-2/h5-6,12,18H,3-4,7-8H2,1-2H3,(H,16,19). The number of carbonyl (C=O) groups is 1. The molecule has 1 aliphatic heterocycles. The van der Waals surface area contributed by atoms with E-state index in [2.05, 4.69) is 30.9 Å². The third-order valence-corrected chi connectivity index (χ3v) is 3.98. The second-order valence-electron chi connectivity index (χ2n) is 5.09. The van der Waals surface area contributed by atoms with Crippen molar-refractivity contribution in [3.05, 3.63) is 27.7 Å². The summed E-state index contributed by atoms with van der Waals surface area (Å²) in [6.45, 7) is 4.21. The van der Waals surface area contributed by atoms with E-state index in [0.717, 1.165) is 35.1 Å². The van der Waals surface area contributed by atoms with Crippen molar-refractivity contribution in [3.8, 4) is 5.75 Å². The molecule has 6 heteroatoms. The SMILES string of the molecule is COC(=O)NC1CCN(Cc2cc(Br)cc(C)c2O)C1. The molecule has 1 heterocycles. The predicted octanol–water partition coefficient (Wildman–Crippen LogP) is 2.39. The Morgan fingerprint density at radius 3 is 3.05 bits per heavy atom. The lowest BCUT2D eigenvalue weighted by atomic mass is 10.1. The number of likely N-dealkylation sites (tertiary alicyclic amines) is 1. The summed E-state index contributed by atoms with van der Waals surface area (Å²) in [6, 6.07) is 3.94. The third-order valence-electron chi connectivity index (χ3n) is 3.52. The van der Waals surface area contributed by atoms with Crippen molar-refractivity contribution in [2.24, 2.45) is 0 Å². The van der Waals surface area contributed by atoms with Gasteiger partial charge in [-0.2, -0.15) is 0 Å². The van der Waals surface area contributed by atoms with Crippen LogP contribution < -0.4 is 5.32 Å². The average Bonchev–Trinajstić information content (AvgIpc) is 2.82. The van der Waals surface area contributed by atoms with E-state index >= 15 is 0 Å². The van der Waals surface area contributed by atoms with Crippen LogP contribution in [0.1, 0.15) is 17.5 Å². The zero-order chi connectivity index (χ0) is 14.7. The molecule has 1 saturated heterocycles. The van der Waals surface area contributed by atoms with Crippen LogP contribution in [0.4, 0.5) is 4.79 Å². The second kappa shape index (κ2) is 6.45. The van der Waals surface area contributed by atoms with E-state index in [1.807, 2.05) is 19.1 Å². The number of rotatable bonds is 3. The van der Waals surface area contributed by atoms with Crippen molar-refractivity contribution in [2.75, 3.05) is 20.2 Å². The van der Waals surface area contributed by atoms with Crippen molar-refractivity contribution in [1.29, 1.82) is 0 Å². The van der Waals surface area contributed by atoms with Crippen LogP contribution in [-0.2, 0) is 11.3 Å². The summed E-state index contributed by atoms with van der Waals surface area (Å²) >= 11 is 3.45. The minimum atomic E-state index is -0.391. The fraction of sp³-hybridized carbons (Fsp3) is 0.500. The molecule has 2 N–H and O–H groups in total. The molecule has 0 saturated carbocycles. The maximum absolute atomic E-state index is 11.2. The molecule has 0 spiro atoms. The number of halogens is 1. The first kappa shape index (κ1) is 15.1. The number of ether oxygens (including phenoxy) is 1. The molecule has 1 fully saturated rings. The molecule has 1 aromatic carbocycles. The van der Waals surface area contributed by atoms with Crippen LogP contribution in [0.5, 0.6) is 5.75 Å². The van der Waals surface area contributed by atoms with Gasteiger partial charge in [-0.3, -0.25) is 4.90 Å². The Hall–Kier alpha value is -1.27. The Morgan fingerprint density at radius 2 is 2.35 bits per heavy atom. The van der Waals surface area contributed by atoms with Crippen LogP contribution in [0.15, 0.2) is 16.6 Å². The van der Waals surface area contributed by atoms with Gasteiger partial charge in [0.25, 0.3) is 0 Å². The highest BCUT2D eigenvalue weighted by Crippen LogP contribution is 2.28. The molecular formula is C14H19BrN2O3. The van der Waals surface area contributed by atoms with Crippen molar-refractivity contribution < 1.29 is 14.6 Å². The zero-order valence-corrected chi connectivity index (χ0v) is 13.2. The normalized spacial score (nSPS) is 19.1. The molecule has 1 aliphatic rings. The predicted molar refractivity (Wildman–Crippen MR) is 79.8 cm³/mol. The molecule has 2 rings (SSSR count). The van der Waals surface area contributed by atoms with Crippen LogP contribution in [0.2, 0.25) is 0 Å². The quantitative estimate of drug-likeness (QED) is 0.885. The van der Waals surface area contributed by atoms with Crippen LogP contribution in [0, 0.1) is 6.92 Å². The summed E-state index contributed by atoms with van der Waals surface area (Å²) in [5.74, 6) is 0.345. The monoisotopic (exact) mass is 342 g/mol. The van der Waals surface area contributed by atoms with Crippen molar-refractivity contribution >= 4 is 22.0 Å². The second-order valence-corrected chi connectivity index (χ2v) is 6.00. The third kappa shape index (κ3) is 3.64. The molecule has 1 aromatic rings. The Balaban J connectivity index is 1.97. The molecule has 0 radical (unpaired) electrons. The number of aromatic hydroxyl groups is 1. The molecule has 1 atom stereocenters. The Kier molecular flexibility index (Phi) is 4.88. The first-order chi connectivity index (χ1) is 9.49. The summed E-state index contributed by atoms with van der Waals surface area (Å²) in [5.41, 5.74) is 1.76. The lowest BCUT2D eigenvalue weighted by Crippen LogP contribution is -2.36. The molecule has 1 unspecified atom stereocenters. The highest BCUT2D eigenvalue weighted by atomic mass is 79.9. The Morgan fingerprint density at radius 1 is 1.60 bits per heavy atom. The van der Waals surface area contributed by atoms with Gasteiger partial charge in [0, 0.05) is 35.7 Å². The molecular weight excluding hydrogens is 324 g/mol. The number of carbonyl (C=O) groups excluding carboxylic acids is 1. The van der Waals surface area contributed by atoms with Crippen molar-refractivity contribution in [2.45, 2.75) is 25.9 Å². The van der Waals surface area contributed by atoms with E-state index in [4.69, 9.17) is 0 Å². The largest absolute Gasteiger partial charge is 0.507 e. The molecule has 0 aliphatic carbocycles. The highest BCUT2D eigenvalue weighted by Gasteiger charge is 2.24. The van der Waals surface area contributed by atoms with E-state index in [0.29, 0.717) is 12.3 Å². The van der Waals surface area contributed by atoms with E-state index in [9.17, 15) is 9.90 Å². The lowest BCUT2D eigenvalue weighted by Gasteiger charge is -2.18. The molecule has 1 amide bonds. The molecule has 20 heavy (non-hydrogen) atoms. The summed E-state index contributed by atoms with van der Waals surface area (Å²) in [7, 11) is 1.37. The number of amides is 1. The van der Waals surface area contributed by atoms with Gasteiger partial charge in [-0.15, -0.1) is 0 Å². The maximum Gasteiger partial charge on any atom is 0.407 e. The van der Waals surface area contributed by atoms with Crippen molar-refractivity contribution in [1.82, 2.24) is 10.2 Å². The number of hydrogen-bond acceptors (Lipinski definition) is 4. The minimum Gasteiger partial charge on any atom is -0.507 e. The summed E-state index contributed by atoms with van der Waals surface area (Å²) < 4.78 is 5.57. The molecule has 5 nitrogen and oxygen atoms in total. The van der Waals surface area contributed by atoms with Gasteiger partial charge in [-0.25, -0.2) is 4.79 Å². The van der Waals surface area contributed by atoms with Gasteiger partial charge in [-0.1, -0.05) is 15.9 Å². The number of aryl methyl sites for hydroxylation is 1. The van der Waals surface area contributed by atoms with E-state index in [1.165, 1.54) is 7.11 Å². The van der Waals surface area contributed by atoms with Gasteiger partial charge in [0.1, 0.15) is 5.75 Å². The molecule has 110 valence electrons. The highest BCUT2D eigenvalue weighted by molar-refractivity contribution is 9.10. The van der Waals surface area contributed by atoms with Gasteiger partial charge in [0.15, 0.2) is 0 Å². The van der Waals surface area contributed by atoms with Gasteiger partial charge in [0.05, 0.1) is 7.11 Å². The van der Waals surface area contributed by atoms with Crippen LogP contribution >= 0.6 is 15.9 Å². The Labute approximate surface area is 127 Å². The van der Waals surface area contributed by atoms with Gasteiger partial charge >= 0.3 is 6.09 Å². The number of nitrogens with zero attached hydrogens (tertiary/aromatic N) is 1. The average molecular weight is 343 g/mol. The molecule has 0 aromatic heterocycles. The smallest absolute Gasteiger partial charge is 0.407 e. The maximum atomic E-state index is 11.2. The lowest BCUT2D eigenvalue weighted by molar-refractivity contribution is 0.166. The van der Waals surface area contributed by atoms with Gasteiger partial charge < -0.3 is 15.2 Å². The van der Waals surface area contributed by atoms with Crippen molar-refractivity contribution in [3.63, 3.8) is 0 Å². The number of phenols is 1. The number of hydrogen-bond donors (Lipinski definition) is 2. The van der Waals surface area contributed by atoms with Crippen LogP contribution in [0.3, 0.4) is 0 Å². The summed E-state index contributed by atoms with van der Waals surface area (Å²) in [6.07, 6.45) is 0.501. The number of phenolic OH excluding ortho intramolecular Hbond substituents is 1. The number of benzene rings is 1. The first-order valence-corrected chi connectivity index (χ1v) is 7.33. The van der Waals surface area contributed by atoms with E-state index in [-0.39, 0.29) is 6.04 Å². The van der Waals surface area contributed by atoms with Crippen LogP contribution in [0.25, 0.3) is 0 Å². The number of nitrogens with one attached hydrogen (secondary N) is 1. The zero-order valence-electron chi connectivity index (χ0n) is 11.6. The number of alkyl carbamates (subject to hydrolysis) is 1. The summed E-state index contributed by atoms with van der Waals surface area (Å²) in [5, 5.41) is 12.9. The van der Waals surface area contributed by atoms with E-state index < -0.39 is 6.09 Å². The molecule has 0 bridgehead atoms. The van der Waals surface area contributed by atoms with E-state index in [1.54, 1.807) is 0 Å². The minimum absolute atomic E-state index is 0.109. The van der Waals surface area contributed by atoms with Gasteiger partial charge in [-0.05, 0) is 31.0 Å². The fourth-order valence-corrected chi connectivity index (χ4v) is 3.11. The van der Waals surface area contributed by atoms with Gasteiger partial charge in [0.2, 0.25) is 0 Å².